The van der Waals surface area contributed by atoms with Gasteiger partial charge in [-0.3, -0.25) is 9.97 Å². The number of methoxy groups -OCH3 is 2. The third-order valence-corrected chi connectivity index (χ3v) is 7.08. The summed E-state index contributed by atoms with van der Waals surface area (Å²) >= 11 is 0. The fourth-order valence-corrected chi connectivity index (χ4v) is 5.09. The van der Waals surface area contributed by atoms with Crippen LogP contribution in [0.4, 0.5) is 20.2 Å². The van der Waals surface area contributed by atoms with Crippen molar-refractivity contribution in [3.8, 4) is 45.3 Å². The van der Waals surface area contributed by atoms with Crippen molar-refractivity contribution in [2.45, 2.75) is 6.92 Å². The highest BCUT2D eigenvalue weighted by molar-refractivity contribution is 5.99. The summed E-state index contributed by atoms with van der Waals surface area (Å²) in [6.07, 6.45) is 3.41. The Morgan fingerprint density at radius 2 is 1.43 bits per heavy atom. The van der Waals surface area contributed by atoms with E-state index in [1.165, 1.54) is 6.07 Å². The molecule has 3 heterocycles. The Hall–Kier alpha value is -5.37. The SMILES string of the molecule is COc1ccccc1-c1cnc(-c2ccccc2OC)c(Nc2c(C)c(-c3ccccn3)nc3cc(F)cc(F)c23)c1. The fourth-order valence-electron chi connectivity index (χ4n) is 5.09. The highest BCUT2D eigenvalue weighted by atomic mass is 19.1. The molecule has 0 aliphatic rings. The van der Waals surface area contributed by atoms with E-state index in [0.717, 1.165) is 22.8 Å². The van der Waals surface area contributed by atoms with Crippen LogP contribution in [0.15, 0.2) is 97.3 Å². The molecule has 0 spiro atoms. The topological polar surface area (TPSA) is 69.2 Å². The molecule has 6 nitrogen and oxygen atoms in total. The molecule has 0 saturated heterocycles. The van der Waals surface area contributed by atoms with E-state index in [1.807, 2.05) is 73.7 Å². The lowest BCUT2D eigenvalue weighted by atomic mass is 10.0. The van der Waals surface area contributed by atoms with Crippen LogP contribution < -0.4 is 14.8 Å². The van der Waals surface area contributed by atoms with E-state index in [-0.39, 0.29) is 10.9 Å². The molecule has 0 atom stereocenters. The van der Waals surface area contributed by atoms with Gasteiger partial charge in [0.15, 0.2) is 0 Å². The minimum Gasteiger partial charge on any atom is -0.496 e. The summed E-state index contributed by atoms with van der Waals surface area (Å²) < 4.78 is 41.2. The number of ether oxygens (including phenoxy) is 2. The number of nitrogens with one attached hydrogen (secondary N) is 1. The zero-order valence-corrected chi connectivity index (χ0v) is 23.2. The molecule has 0 unspecified atom stereocenters. The Morgan fingerprint density at radius 3 is 2.14 bits per heavy atom. The van der Waals surface area contributed by atoms with Crippen LogP contribution >= 0.6 is 0 Å². The van der Waals surface area contributed by atoms with Gasteiger partial charge >= 0.3 is 0 Å². The number of aromatic nitrogens is 3. The summed E-state index contributed by atoms with van der Waals surface area (Å²) in [6.45, 7) is 1.84. The second-order valence-corrected chi connectivity index (χ2v) is 9.60. The Labute approximate surface area is 241 Å². The maximum Gasteiger partial charge on any atom is 0.137 e. The quantitative estimate of drug-likeness (QED) is 0.212. The van der Waals surface area contributed by atoms with Gasteiger partial charge in [-0.1, -0.05) is 36.4 Å². The van der Waals surface area contributed by atoms with Crippen molar-refractivity contribution in [2.24, 2.45) is 0 Å². The Balaban J connectivity index is 1.63. The molecule has 6 rings (SSSR count). The van der Waals surface area contributed by atoms with E-state index in [2.05, 4.69) is 15.3 Å². The standard InChI is InChI=1S/C34H26F2N4O2/c1-20-32(26-12-8-9-15-37-26)39-27-18-22(35)17-25(36)31(27)33(20)40-28-16-21(23-10-4-6-13-29(23)41-2)19-38-34(28)24-11-5-7-14-30(24)42-3/h4-19H,1-3H3,(H,39,40). The monoisotopic (exact) mass is 560 g/mol. The van der Waals surface area contributed by atoms with E-state index in [9.17, 15) is 4.39 Å². The molecule has 0 aliphatic heterocycles. The minimum absolute atomic E-state index is 0.155. The molecule has 0 radical (unpaired) electrons. The average molecular weight is 561 g/mol. The number of fused-ring (bicyclic) bond motifs is 1. The number of para-hydroxylation sites is 2. The molecule has 0 saturated carbocycles. The van der Waals surface area contributed by atoms with E-state index >= 15 is 4.39 Å². The number of pyridine rings is 3. The third kappa shape index (κ3) is 4.88. The van der Waals surface area contributed by atoms with Crippen molar-refractivity contribution >= 4 is 22.3 Å². The normalized spacial score (nSPS) is 11.0. The van der Waals surface area contributed by atoms with Crippen LogP contribution in [0, 0.1) is 18.6 Å². The molecule has 0 amide bonds. The van der Waals surface area contributed by atoms with Gasteiger partial charge in [-0.15, -0.1) is 0 Å². The van der Waals surface area contributed by atoms with Gasteiger partial charge in [-0.05, 0) is 43.3 Å². The van der Waals surface area contributed by atoms with Gasteiger partial charge in [-0.25, -0.2) is 13.8 Å². The molecule has 42 heavy (non-hydrogen) atoms. The molecule has 6 aromatic rings. The molecule has 0 aliphatic carbocycles. The number of rotatable bonds is 7. The van der Waals surface area contributed by atoms with Crippen LogP contribution in [0.3, 0.4) is 0 Å². The van der Waals surface area contributed by atoms with Gasteiger partial charge in [0.05, 0.1) is 53.6 Å². The first-order chi connectivity index (χ1) is 20.5. The van der Waals surface area contributed by atoms with E-state index in [1.54, 1.807) is 32.7 Å². The van der Waals surface area contributed by atoms with Gasteiger partial charge < -0.3 is 14.8 Å². The first-order valence-corrected chi connectivity index (χ1v) is 13.2. The van der Waals surface area contributed by atoms with Crippen LogP contribution in [0.25, 0.3) is 44.7 Å². The van der Waals surface area contributed by atoms with Crippen LogP contribution in [-0.4, -0.2) is 29.2 Å². The number of hydrogen-bond donors (Lipinski definition) is 1. The van der Waals surface area contributed by atoms with Crippen LogP contribution in [0.1, 0.15) is 5.56 Å². The molecular weight excluding hydrogens is 534 g/mol. The first-order valence-electron chi connectivity index (χ1n) is 13.2. The van der Waals surface area contributed by atoms with E-state index in [4.69, 9.17) is 14.5 Å². The van der Waals surface area contributed by atoms with Crippen molar-refractivity contribution in [2.75, 3.05) is 19.5 Å². The van der Waals surface area contributed by atoms with Gasteiger partial charge in [0, 0.05) is 46.8 Å². The molecular formula is C34H26F2N4O2. The van der Waals surface area contributed by atoms with E-state index in [0.29, 0.717) is 45.5 Å². The summed E-state index contributed by atoms with van der Waals surface area (Å²) in [4.78, 5) is 13.9. The predicted octanol–water partition coefficient (Wildman–Crippen LogP) is 8.37. The second kappa shape index (κ2) is 11.2. The number of halogens is 2. The fraction of sp³-hybridized carbons (Fsp3) is 0.0882. The maximum atomic E-state index is 15.5. The largest absolute Gasteiger partial charge is 0.496 e. The predicted molar refractivity (Wildman–Crippen MR) is 161 cm³/mol. The van der Waals surface area contributed by atoms with Crippen molar-refractivity contribution < 1.29 is 18.3 Å². The number of nitrogens with zero attached hydrogens (tertiary/aromatic N) is 3. The lowest BCUT2D eigenvalue weighted by Crippen LogP contribution is -2.04. The van der Waals surface area contributed by atoms with Crippen LogP contribution in [-0.2, 0) is 0 Å². The summed E-state index contributed by atoms with van der Waals surface area (Å²) in [5.41, 5.74) is 5.82. The van der Waals surface area contributed by atoms with Gasteiger partial charge in [0.2, 0.25) is 0 Å². The van der Waals surface area contributed by atoms with Crippen LogP contribution in [0.2, 0.25) is 0 Å². The first kappa shape index (κ1) is 26.8. The van der Waals surface area contributed by atoms with Crippen molar-refractivity contribution in [1.29, 1.82) is 0 Å². The Bertz CT molecular complexity index is 1930. The summed E-state index contributed by atoms with van der Waals surface area (Å²) in [6, 6.07) is 24.6. The number of benzene rings is 3. The summed E-state index contributed by atoms with van der Waals surface area (Å²) in [5.74, 6) is -0.149. The highest BCUT2D eigenvalue weighted by Gasteiger charge is 2.21. The van der Waals surface area contributed by atoms with Crippen molar-refractivity contribution in [3.05, 3.63) is 115 Å². The van der Waals surface area contributed by atoms with E-state index < -0.39 is 11.6 Å². The number of anilines is 2. The molecule has 3 aromatic carbocycles. The van der Waals surface area contributed by atoms with Gasteiger partial charge in [0.25, 0.3) is 0 Å². The molecule has 1 N–H and O–H groups in total. The van der Waals surface area contributed by atoms with Crippen LogP contribution in [0.5, 0.6) is 11.5 Å². The smallest absolute Gasteiger partial charge is 0.137 e. The molecule has 3 aromatic heterocycles. The van der Waals surface area contributed by atoms with Crippen molar-refractivity contribution in [1.82, 2.24) is 15.0 Å². The molecule has 0 fully saturated rings. The lowest BCUT2D eigenvalue weighted by molar-refractivity contribution is 0.416. The summed E-state index contributed by atoms with van der Waals surface area (Å²) in [5, 5.41) is 3.62. The Morgan fingerprint density at radius 1 is 0.738 bits per heavy atom. The highest BCUT2D eigenvalue weighted by Crippen LogP contribution is 2.42. The zero-order valence-electron chi connectivity index (χ0n) is 23.2. The maximum absolute atomic E-state index is 15.5. The third-order valence-electron chi connectivity index (χ3n) is 7.08. The molecule has 208 valence electrons. The van der Waals surface area contributed by atoms with Gasteiger partial charge in [-0.2, -0.15) is 0 Å². The second-order valence-electron chi connectivity index (χ2n) is 9.60. The summed E-state index contributed by atoms with van der Waals surface area (Å²) in [7, 11) is 3.21. The zero-order chi connectivity index (χ0) is 29.2. The average Bonchev–Trinajstić information content (AvgIpc) is 3.02. The number of hydrogen-bond acceptors (Lipinski definition) is 6. The molecule has 8 heteroatoms. The van der Waals surface area contributed by atoms with Crippen molar-refractivity contribution in [3.63, 3.8) is 0 Å². The van der Waals surface area contributed by atoms with Gasteiger partial charge in [0.1, 0.15) is 23.1 Å². The Kier molecular flexibility index (Phi) is 7.19. The molecule has 0 bridgehead atoms. The minimum atomic E-state index is -0.733. The lowest BCUT2D eigenvalue weighted by Gasteiger charge is -2.20.